The second-order valence-electron chi connectivity index (χ2n) is 4.72. The first kappa shape index (κ1) is 14.0. The molecule has 0 amide bonds. The molecule has 1 aromatic carbocycles. The van der Waals surface area contributed by atoms with Gasteiger partial charge in [0.2, 0.25) is 0 Å². The molecule has 0 fully saturated rings. The zero-order chi connectivity index (χ0) is 12.8. The van der Waals surface area contributed by atoms with Crippen molar-refractivity contribution in [2.75, 3.05) is 0 Å². The monoisotopic (exact) mass is 237 g/mol. The molecule has 0 bridgehead atoms. The molecule has 3 nitrogen and oxygen atoms in total. The number of benzene rings is 1. The van der Waals surface area contributed by atoms with E-state index in [1.54, 1.807) is 12.1 Å². The quantitative estimate of drug-likeness (QED) is 0.711. The Bertz CT molecular complexity index is 341. The van der Waals surface area contributed by atoms with Gasteiger partial charge in [0, 0.05) is 6.04 Å². The number of para-hydroxylation sites is 1. The lowest BCUT2D eigenvalue weighted by atomic mass is 9.91. The number of hydrogen-bond donors (Lipinski definition) is 3. The molecule has 0 aliphatic carbocycles. The summed E-state index contributed by atoms with van der Waals surface area (Å²) >= 11 is 0. The molecule has 0 saturated heterocycles. The van der Waals surface area contributed by atoms with Gasteiger partial charge >= 0.3 is 0 Å². The number of nitrogens with two attached hydrogens (primary N) is 1. The molecule has 17 heavy (non-hydrogen) atoms. The van der Waals surface area contributed by atoms with Crippen LogP contribution in [0.5, 0.6) is 5.75 Å². The Kier molecular flexibility index (Phi) is 5.45. The number of aliphatic hydroxyl groups excluding tert-OH is 1. The third kappa shape index (κ3) is 4.02. The van der Waals surface area contributed by atoms with Crippen LogP contribution < -0.4 is 5.73 Å². The van der Waals surface area contributed by atoms with E-state index in [2.05, 4.69) is 6.92 Å². The number of aromatic hydroxyl groups is 1. The van der Waals surface area contributed by atoms with Gasteiger partial charge in [0.25, 0.3) is 0 Å². The largest absolute Gasteiger partial charge is 0.508 e. The Morgan fingerprint density at radius 3 is 2.53 bits per heavy atom. The molecule has 0 heterocycles. The summed E-state index contributed by atoms with van der Waals surface area (Å²) in [5.41, 5.74) is 6.75. The molecular formula is C14H23NO2. The van der Waals surface area contributed by atoms with Gasteiger partial charge in [-0.2, -0.15) is 0 Å². The van der Waals surface area contributed by atoms with Gasteiger partial charge in [-0.1, -0.05) is 38.5 Å². The predicted molar refractivity (Wildman–Crippen MR) is 70.0 cm³/mol. The van der Waals surface area contributed by atoms with Gasteiger partial charge in [-0.25, -0.2) is 0 Å². The number of phenolic OH excluding ortho intramolecular Hbond substituents is 1. The van der Waals surface area contributed by atoms with Crippen molar-refractivity contribution >= 4 is 0 Å². The van der Waals surface area contributed by atoms with Gasteiger partial charge in [0.05, 0.1) is 6.10 Å². The van der Waals surface area contributed by atoms with Crippen molar-refractivity contribution in [3.05, 3.63) is 29.8 Å². The van der Waals surface area contributed by atoms with E-state index in [1.807, 2.05) is 19.1 Å². The average molecular weight is 237 g/mol. The van der Waals surface area contributed by atoms with Crippen molar-refractivity contribution in [1.82, 2.24) is 0 Å². The molecule has 0 aromatic heterocycles. The summed E-state index contributed by atoms with van der Waals surface area (Å²) in [5, 5.41) is 19.7. The third-order valence-electron chi connectivity index (χ3n) is 3.18. The summed E-state index contributed by atoms with van der Waals surface area (Å²) in [6.07, 6.45) is 1.88. The lowest BCUT2D eigenvalue weighted by molar-refractivity contribution is 0.124. The van der Waals surface area contributed by atoms with E-state index in [9.17, 15) is 10.2 Å². The minimum absolute atomic E-state index is 0.106. The number of aliphatic hydroxyl groups is 1. The van der Waals surface area contributed by atoms with E-state index >= 15 is 0 Å². The topological polar surface area (TPSA) is 66.5 Å². The summed E-state index contributed by atoms with van der Waals surface area (Å²) in [4.78, 5) is 0. The molecule has 3 heteroatoms. The fourth-order valence-electron chi connectivity index (χ4n) is 2.09. The molecule has 96 valence electrons. The zero-order valence-corrected chi connectivity index (χ0v) is 10.6. The molecule has 1 rings (SSSR count). The first-order valence-electron chi connectivity index (χ1n) is 6.27. The van der Waals surface area contributed by atoms with Crippen molar-refractivity contribution in [1.29, 1.82) is 0 Å². The Labute approximate surface area is 103 Å². The van der Waals surface area contributed by atoms with Crippen LogP contribution in [0.1, 0.15) is 44.6 Å². The standard InChI is InChI=1S/C14H23NO2/c1-3-6-12(15)14(17)9-10(2)11-7-4-5-8-13(11)16/h4-5,7-8,10,12,14,16-17H,3,6,9,15H2,1-2H3. The normalized spacial score (nSPS) is 16.5. The lowest BCUT2D eigenvalue weighted by Crippen LogP contribution is -2.35. The smallest absolute Gasteiger partial charge is 0.119 e. The molecule has 3 unspecified atom stereocenters. The van der Waals surface area contributed by atoms with E-state index in [1.165, 1.54) is 0 Å². The Hall–Kier alpha value is -1.06. The maximum atomic E-state index is 9.96. The van der Waals surface area contributed by atoms with Gasteiger partial charge < -0.3 is 15.9 Å². The van der Waals surface area contributed by atoms with Crippen LogP contribution in [0.3, 0.4) is 0 Å². The van der Waals surface area contributed by atoms with Crippen LogP contribution in [0.4, 0.5) is 0 Å². The summed E-state index contributed by atoms with van der Waals surface area (Å²) in [6.45, 7) is 4.05. The van der Waals surface area contributed by atoms with E-state index in [-0.39, 0.29) is 17.7 Å². The van der Waals surface area contributed by atoms with Gasteiger partial charge in [0.1, 0.15) is 5.75 Å². The van der Waals surface area contributed by atoms with Crippen molar-refractivity contribution in [3.63, 3.8) is 0 Å². The van der Waals surface area contributed by atoms with E-state index in [0.717, 1.165) is 18.4 Å². The number of hydrogen-bond acceptors (Lipinski definition) is 3. The van der Waals surface area contributed by atoms with Crippen molar-refractivity contribution < 1.29 is 10.2 Å². The first-order valence-corrected chi connectivity index (χ1v) is 6.27. The SMILES string of the molecule is CCCC(N)C(O)CC(C)c1ccccc1O. The van der Waals surface area contributed by atoms with Crippen LogP contribution in [-0.2, 0) is 0 Å². The first-order chi connectivity index (χ1) is 8.06. The Morgan fingerprint density at radius 1 is 1.29 bits per heavy atom. The van der Waals surface area contributed by atoms with Gasteiger partial charge in [0.15, 0.2) is 0 Å². The molecule has 0 spiro atoms. The second-order valence-corrected chi connectivity index (χ2v) is 4.72. The van der Waals surface area contributed by atoms with Crippen LogP contribution in [0.15, 0.2) is 24.3 Å². The minimum atomic E-state index is -0.510. The summed E-state index contributed by atoms with van der Waals surface area (Å²) in [6, 6.07) is 7.07. The van der Waals surface area contributed by atoms with Crippen LogP contribution >= 0.6 is 0 Å². The second kappa shape index (κ2) is 6.62. The van der Waals surface area contributed by atoms with Crippen molar-refractivity contribution in [2.45, 2.75) is 51.2 Å². The van der Waals surface area contributed by atoms with Crippen LogP contribution in [-0.4, -0.2) is 22.4 Å². The molecule has 0 aliphatic rings. The predicted octanol–water partition coefficient (Wildman–Crippen LogP) is 2.37. The van der Waals surface area contributed by atoms with Crippen molar-refractivity contribution in [3.8, 4) is 5.75 Å². The summed E-state index contributed by atoms with van der Waals surface area (Å²) < 4.78 is 0. The number of phenols is 1. The highest BCUT2D eigenvalue weighted by Gasteiger charge is 2.19. The molecule has 1 aromatic rings. The zero-order valence-electron chi connectivity index (χ0n) is 10.6. The summed E-state index contributed by atoms with van der Waals surface area (Å²) in [7, 11) is 0. The molecule has 0 radical (unpaired) electrons. The maximum absolute atomic E-state index is 9.96. The summed E-state index contributed by atoms with van der Waals surface area (Å²) in [5.74, 6) is 0.394. The number of rotatable bonds is 6. The Balaban J connectivity index is 2.60. The van der Waals surface area contributed by atoms with E-state index in [4.69, 9.17) is 5.73 Å². The highest BCUT2D eigenvalue weighted by molar-refractivity contribution is 5.34. The highest BCUT2D eigenvalue weighted by Crippen LogP contribution is 2.29. The fraction of sp³-hybridized carbons (Fsp3) is 0.571. The van der Waals surface area contributed by atoms with Crippen LogP contribution in [0, 0.1) is 0 Å². The lowest BCUT2D eigenvalue weighted by Gasteiger charge is -2.22. The van der Waals surface area contributed by atoms with Crippen LogP contribution in [0.2, 0.25) is 0 Å². The Morgan fingerprint density at radius 2 is 1.94 bits per heavy atom. The minimum Gasteiger partial charge on any atom is -0.508 e. The fourth-order valence-corrected chi connectivity index (χ4v) is 2.09. The molecule has 3 atom stereocenters. The molecular weight excluding hydrogens is 214 g/mol. The molecule has 4 N–H and O–H groups in total. The van der Waals surface area contributed by atoms with E-state index in [0.29, 0.717) is 6.42 Å². The van der Waals surface area contributed by atoms with Crippen molar-refractivity contribution in [2.24, 2.45) is 5.73 Å². The van der Waals surface area contributed by atoms with Gasteiger partial charge in [-0.05, 0) is 30.4 Å². The highest BCUT2D eigenvalue weighted by atomic mass is 16.3. The average Bonchev–Trinajstić information content (AvgIpc) is 2.29. The molecule has 0 aliphatic heterocycles. The maximum Gasteiger partial charge on any atom is 0.119 e. The van der Waals surface area contributed by atoms with E-state index < -0.39 is 6.10 Å². The van der Waals surface area contributed by atoms with Gasteiger partial charge in [-0.3, -0.25) is 0 Å². The van der Waals surface area contributed by atoms with Crippen LogP contribution in [0.25, 0.3) is 0 Å². The molecule has 0 saturated carbocycles. The third-order valence-corrected chi connectivity index (χ3v) is 3.18. The van der Waals surface area contributed by atoms with Gasteiger partial charge in [-0.15, -0.1) is 0 Å².